The summed E-state index contributed by atoms with van der Waals surface area (Å²) in [6, 6.07) is 0. The summed E-state index contributed by atoms with van der Waals surface area (Å²) in [4.78, 5) is 9.00. The van der Waals surface area contributed by atoms with Crippen molar-refractivity contribution < 1.29 is 15.0 Å². The molecule has 3 heteroatoms. The third kappa shape index (κ3) is 24.6. The SMILES string of the molecule is CC(=O)O.CC(C)=CCC/C(C)=C/CO. The number of hydrogen-bond donors (Lipinski definition) is 2. The fourth-order valence-corrected chi connectivity index (χ4v) is 0.846. The number of carboxylic acid groups (broad SMARTS) is 1. The Morgan fingerprint density at radius 3 is 1.93 bits per heavy atom. The number of allylic oxidation sites excluding steroid dienone is 3. The molecule has 0 unspecified atom stereocenters. The Morgan fingerprint density at radius 1 is 1.13 bits per heavy atom. The van der Waals surface area contributed by atoms with Gasteiger partial charge in [0.1, 0.15) is 0 Å². The van der Waals surface area contributed by atoms with E-state index in [2.05, 4.69) is 26.8 Å². The quantitative estimate of drug-likeness (QED) is 0.707. The first-order valence-electron chi connectivity index (χ1n) is 4.99. The average molecular weight is 214 g/mol. The predicted octanol–water partition coefficient (Wildman–Crippen LogP) is 2.76. The van der Waals surface area contributed by atoms with Gasteiger partial charge in [0.25, 0.3) is 5.97 Å². The minimum absolute atomic E-state index is 0.167. The van der Waals surface area contributed by atoms with Crippen LogP contribution in [0.1, 0.15) is 40.5 Å². The fourth-order valence-electron chi connectivity index (χ4n) is 0.846. The molecule has 0 aliphatic rings. The minimum atomic E-state index is -0.833. The molecule has 15 heavy (non-hydrogen) atoms. The van der Waals surface area contributed by atoms with E-state index in [0.29, 0.717) is 0 Å². The lowest BCUT2D eigenvalue weighted by Gasteiger charge is -1.96. The molecule has 0 amide bonds. The number of rotatable bonds is 4. The molecule has 0 atom stereocenters. The molecule has 0 aromatic rings. The summed E-state index contributed by atoms with van der Waals surface area (Å²) in [5.41, 5.74) is 2.63. The summed E-state index contributed by atoms with van der Waals surface area (Å²) in [7, 11) is 0. The zero-order chi connectivity index (χ0) is 12.3. The molecular formula is C12H22O3. The van der Waals surface area contributed by atoms with Gasteiger partial charge in [0, 0.05) is 6.92 Å². The van der Waals surface area contributed by atoms with E-state index in [9.17, 15) is 0 Å². The maximum Gasteiger partial charge on any atom is 0.300 e. The summed E-state index contributed by atoms with van der Waals surface area (Å²) >= 11 is 0. The van der Waals surface area contributed by atoms with Gasteiger partial charge in [-0.15, -0.1) is 0 Å². The smallest absolute Gasteiger partial charge is 0.300 e. The molecule has 0 aliphatic heterocycles. The Bertz CT molecular complexity index is 219. The van der Waals surface area contributed by atoms with E-state index in [4.69, 9.17) is 15.0 Å². The van der Waals surface area contributed by atoms with Crippen molar-refractivity contribution in [2.24, 2.45) is 0 Å². The van der Waals surface area contributed by atoms with Crippen molar-refractivity contribution in [2.75, 3.05) is 6.61 Å². The molecule has 88 valence electrons. The zero-order valence-electron chi connectivity index (χ0n) is 10.1. The molecule has 0 bridgehead atoms. The van der Waals surface area contributed by atoms with Gasteiger partial charge in [-0.3, -0.25) is 4.79 Å². The lowest BCUT2D eigenvalue weighted by Crippen LogP contribution is -1.80. The van der Waals surface area contributed by atoms with Crippen LogP contribution >= 0.6 is 0 Å². The van der Waals surface area contributed by atoms with Crippen LogP contribution in [-0.4, -0.2) is 22.8 Å². The number of carboxylic acids is 1. The van der Waals surface area contributed by atoms with Gasteiger partial charge < -0.3 is 10.2 Å². The lowest BCUT2D eigenvalue weighted by atomic mass is 10.1. The second-order valence-electron chi connectivity index (χ2n) is 3.57. The molecule has 0 heterocycles. The van der Waals surface area contributed by atoms with E-state index in [1.54, 1.807) is 0 Å². The number of aliphatic hydroxyl groups is 1. The van der Waals surface area contributed by atoms with Gasteiger partial charge in [0.05, 0.1) is 6.61 Å². The number of aliphatic carboxylic acids is 1. The second-order valence-corrected chi connectivity index (χ2v) is 3.57. The second kappa shape index (κ2) is 11.0. The molecule has 3 nitrogen and oxygen atoms in total. The summed E-state index contributed by atoms with van der Waals surface area (Å²) in [6.07, 6.45) is 6.23. The number of aliphatic hydroxyl groups excluding tert-OH is 1. The molecule has 0 saturated carbocycles. The van der Waals surface area contributed by atoms with Crippen LogP contribution in [0.2, 0.25) is 0 Å². The van der Waals surface area contributed by atoms with Crippen molar-refractivity contribution in [2.45, 2.75) is 40.5 Å². The Hall–Kier alpha value is -1.09. The third-order valence-electron chi connectivity index (χ3n) is 1.53. The summed E-state index contributed by atoms with van der Waals surface area (Å²) in [6.45, 7) is 7.51. The molecular weight excluding hydrogens is 192 g/mol. The normalized spacial score (nSPS) is 10.1. The molecule has 2 N–H and O–H groups in total. The van der Waals surface area contributed by atoms with Crippen LogP contribution in [0, 0.1) is 0 Å². The van der Waals surface area contributed by atoms with Crippen molar-refractivity contribution >= 4 is 5.97 Å². The molecule has 0 saturated heterocycles. The first kappa shape index (κ1) is 16.3. The van der Waals surface area contributed by atoms with Crippen LogP contribution in [-0.2, 0) is 4.79 Å². The largest absolute Gasteiger partial charge is 0.481 e. The number of hydrogen-bond acceptors (Lipinski definition) is 2. The van der Waals surface area contributed by atoms with Crippen LogP contribution in [0.3, 0.4) is 0 Å². The molecule has 0 aromatic heterocycles. The molecule has 0 aliphatic carbocycles. The van der Waals surface area contributed by atoms with Gasteiger partial charge in [-0.05, 0) is 33.6 Å². The average Bonchev–Trinajstić information content (AvgIpc) is 2.02. The van der Waals surface area contributed by atoms with Crippen molar-refractivity contribution in [1.29, 1.82) is 0 Å². The van der Waals surface area contributed by atoms with Crippen LogP contribution in [0.25, 0.3) is 0 Å². The van der Waals surface area contributed by atoms with E-state index < -0.39 is 5.97 Å². The predicted molar refractivity (Wildman–Crippen MR) is 62.8 cm³/mol. The van der Waals surface area contributed by atoms with Crippen molar-refractivity contribution in [1.82, 2.24) is 0 Å². The Labute approximate surface area is 92.1 Å². The highest BCUT2D eigenvalue weighted by Crippen LogP contribution is 2.05. The summed E-state index contributed by atoms with van der Waals surface area (Å²) in [5.74, 6) is -0.833. The third-order valence-corrected chi connectivity index (χ3v) is 1.53. The van der Waals surface area contributed by atoms with Crippen molar-refractivity contribution in [3.8, 4) is 0 Å². The first-order chi connectivity index (χ1) is 6.90. The number of carbonyl (C=O) groups is 1. The zero-order valence-corrected chi connectivity index (χ0v) is 10.1. The highest BCUT2D eigenvalue weighted by Gasteiger charge is 1.86. The van der Waals surface area contributed by atoms with E-state index in [0.717, 1.165) is 19.8 Å². The Balaban J connectivity index is 0. The van der Waals surface area contributed by atoms with Gasteiger partial charge in [0.2, 0.25) is 0 Å². The Kier molecular flexibility index (Phi) is 12.0. The van der Waals surface area contributed by atoms with Crippen LogP contribution < -0.4 is 0 Å². The van der Waals surface area contributed by atoms with Gasteiger partial charge in [-0.1, -0.05) is 23.3 Å². The molecule has 0 aromatic carbocycles. The van der Waals surface area contributed by atoms with Gasteiger partial charge >= 0.3 is 0 Å². The van der Waals surface area contributed by atoms with E-state index in [1.165, 1.54) is 11.1 Å². The minimum Gasteiger partial charge on any atom is -0.481 e. The van der Waals surface area contributed by atoms with Crippen LogP contribution in [0.15, 0.2) is 23.3 Å². The fraction of sp³-hybridized carbons (Fsp3) is 0.583. The summed E-state index contributed by atoms with van der Waals surface area (Å²) < 4.78 is 0. The molecule has 0 spiro atoms. The summed E-state index contributed by atoms with van der Waals surface area (Å²) in [5, 5.41) is 16.0. The van der Waals surface area contributed by atoms with Crippen molar-refractivity contribution in [3.63, 3.8) is 0 Å². The van der Waals surface area contributed by atoms with E-state index in [-0.39, 0.29) is 6.61 Å². The van der Waals surface area contributed by atoms with Gasteiger partial charge in [0.15, 0.2) is 0 Å². The lowest BCUT2D eigenvalue weighted by molar-refractivity contribution is -0.134. The van der Waals surface area contributed by atoms with E-state index in [1.807, 2.05) is 6.08 Å². The first-order valence-corrected chi connectivity index (χ1v) is 4.99. The van der Waals surface area contributed by atoms with Crippen LogP contribution in [0.5, 0.6) is 0 Å². The maximum absolute atomic E-state index is 9.00. The Morgan fingerprint density at radius 2 is 1.60 bits per heavy atom. The van der Waals surface area contributed by atoms with Gasteiger partial charge in [-0.2, -0.15) is 0 Å². The molecule has 0 radical (unpaired) electrons. The van der Waals surface area contributed by atoms with E-state index >= 15 is 0 Å². The molecule has 0 rings (SSSR count). The highest BCUT2D eigenvalue weighted by atomic mass is 16.4. The van der Waals surface area contributed by atoms with Crippen molar-refractivity contribution in [3.05, 3.63) is 23.3 Å². The standard InChI is InChI=1S/C10H18O.C2H4O2/c1-9(2)5-4-6-10(3)7-8-11;1-2(3)4/h5,7,11H,4,6,8H2,1-3H3;1H3,(H,3,4)/b10-7+;. The monoisotopic (exact) mass is 214 g/mol. The van der Waals surface area contributed by atoms with Gasteiger partial charge in [-0.25, -0.2) is 0 Å². The molecule has 0 fully saturated rings. The highest BCUT2D eigenvalue weighted by molar-refractivity contribution is 5.62. The maximum atomic E-state index is 9.00. The topological polar surface area (TPSA) is 57.5 Å². The van der Waals surface area contributed by atoms with Crippen LogP contribution in [0.4, 0.5) is 0 Å².